The second kappa shape index (κ2) is 3.85. The molecule has 1 aliphatic heterocycles. The molecule has 0 aliphatic carbocycles. The van der Waals surface area contributed by atoms with Crippen molar-refractivity contribution in [2.45, 2.75) is 32.7 Å². The number of rotatable bonds is 1. The van der Waals surface area contributed by atoms with Crippen LogP contribution in [0.4, 0.5) is 5.95 Å². The number of anilines is 1. The Balaban J connectivity index is 2.28. The minimum atomic E-state index is 0.579. The SMILES string of the molecule is Cc1nc(N2CCCC2C)ncc1Br. The zero-order valence-electron chi connectivity index (χ0n) is 8.50. The Morgan fingerprint density at radius 2 is 2.36 bits per heavy atom. The van der Waals surface area contributed by atoms with E-state index in [0.29, 0.717) is 6.04 Å². The summed E-state index contributed by atoms with van der Waals surface area (Å²) in [5.74, 6) is 0.871. The first-order chi connectivity index (χ1) is 6.68. The van der Waals surface area contributed by atoms with E-state index in [1.54, 1.807) is 0 Å². The first-order valence-corrected chi connectivity index (χ1v) is 5.73. The summed E-state index contributed by atoms with van der Waals surface area (Å²) >= 11 is 3.41. The average Bonchev–Trinajstić information content (AvgIpc) is 2.57. The minimum absolute atomic E-state index is 0.579. The third-order valence-corrected chi connectivity index (χ3v) is 3.50. The van der Waals surface area contributed by atoms with E-state index in [1.165, 1.54) is 12.8 Å². The van der Waals surface area contributed by atoms with Crippen molar-refractivity contribution < 1.29 is 0 Å². The third-order valence-electron chi connectivity index (χ3n) is 2.72. The van der Waals surface area contributed by atoms with Gasteiger partial charge in [-0.05, 0) is 42.6 Å². The molecule has 3 nitrogen and oxygen atoms in total. The molecule has 1 aromatic rings. The van der Waals surface area contributed by atoms with E-state index in [9.17, 15) is 0 Å². The van der Waals surface area contributed by atoms with E-state index in [2.05, 4.69) is 37.7 Å². The molecule has 2 heterocycles. The van der Waals surface area contributed by atoms with Crippen LogP contribution in [0.5, 0.6) is 0 Å². The number of aromatic nitrogens is 2. The summed E-state index contributed by atoms with van der Waals surface area (Å²) in [5.41, 5.74) is 1.01. The lowest BCUT2D eigenvalue weighted by atomic mass is 10.2. The van der Waals surface area contributed by atoms with Crippen LogP contribution in [0.3, 0.4) is 0 Å². The Morgan fingerprint density at radius 3 is 2.93 bits per heavy atom. The molecule has 0 radical (unpaired) electrons. The molecule has 1 atom stereocenters. The molecule has 1 aliphatic rings. The molecule has 0 N–H and O–H groups in total. The van der Waals surface area contributed by atoms with Crippen LogP contribution in [-0.2, 0) is 0 Å². The molecular weight excluding hydrogens is 242 g/mol. The molecular formula is C10H14BrN3. The Bertz CT molecular complexity index is 340. The van der Waals surface area contributed by atoms with Gasteiger partial charge in [-0.2, -0.15) is 0 Å². The van der Waals surface area contributed by atoms with Gasteiger partial charge in [0.2, 0.25) is 5.95 Å². The Morgan fingerprint density at radius 1 is 1.57 bits per heavy atom. The van der Waals surface area contributed by atoms with Gasteiger partial charge in [-0.1, -0.05) is 0 Å². The molecule has 1 saturated heterocycles. The normalized spacial score (nSPS) is 21.6. The van der Waals surface area contributed by atoms with Crippen molar-refractivity contribution in [3.05, 3.63) is 16.4 Å². The zero-order valence-corrected chi connectivity index (χ0v) is 10.1. The summed E-state index contributed by atoms with van der Waals surface area (Å²) in [5, 5.41) is 0. The molecule has 0 spiro atoms. The minimum Gasteiger partial charge on any atom is -0.338 e. The first kappa shape index (κ1) is 9.90. The molecule has 4 heteroatoms. The van der Waals surface area contributed by atoms with Crippen LogP contribution in [0.15, 0.2) is 10.7 Å². The van der Waals surface area contributed by atoms with Crippen molar-refractivity contribution >= 4 is 21.9 Å². The predicted octanol–water partition coefficient (Wildman–Crippen LogP) is 2.54. The van der Waals surface area contributed by atoms with Crippen LogP contribution < -0.4 is 4.90 Å². The third kappa shape index (κ3) is 1.75. The van der Waals surface area contributed by atoms with Gasteiger partial charge in [-0.25, -0.2) is 9.97 Å². The van der Waals surface area contributed by atoms with Crippen LogP contribution in [0.2, 0.25) is 0 Å². The molecule has 0 bridgehead atoms. The topological polar surface area (TPSA) is 29.0 Å². The van der Waals surface area contributed by atoms with Crippen molar-refractivity contribution in [1.82, 2.24) is 9.97 Å². The summed E-state index contributed by atoms with van der Waals surface area (Å²) in [6, 6.07) is 0.579. The fraction of sp³-hybridized carbons (Fsp3) is 0.600. The molecule has 2 rings (SSSR count). The van der Waals surface area contributed by atoms with E-state index in [4.69, 9.17) is 0 Å². The summed E-state index contributed by atoms with van der Waals surface area (Å²) in [6.45, 7) is 5.31. The maximum atomic E-state index is 4.47. The van der Waals surface area contributed by atoms with Gasteiger partial charge in [-0.15, -0.1) is 0 Å². The highest BCUT2D eigenvalue weighted by Crippen LogP contribution is 2.23. The first-order valence-electron chi connectivity index (χ1n) is 4.94. The highest BCUT2D eigenvalue weighted by molar-refractivity contribution is 9.10. The number of nitrogens with zero attached hydrogens (tertiary/aromatic N) is 3. The highest BCUT2D eigenvalue weighted by Gasteiger charge is 2.22. The summed E-state index contributed by atoms with van der Waals surface area (Å²) < 4.78 is 0.980. The molecule has 0 amide bonds. The van der Waals surface area contributed by atoms with Crippen LogP contribution in [0, 0.1) is 6.92 Å². The van der Waals surface area contributed by atoms with Crippen LogP contribution >= 0.6 is 15.9 Å². The van der Waals surface area contributed by atoms with Gasteiger partial charge in [0.15, 0.2) is 0 Å². The molecule has 76 valence electrons. The smallest absolute Gasteiger partial charge is 0.225 e. The van der Waals surface area contributed by atoms with Gasteiger partial charge in [0.1, 0.15) is 0 Å². The number of halogens is 1. The van der Waals surface area contributed by atoms with Crippen LogP contribution in [-0.4, -0.2) is 22.6 Å². The largest absolute Gasteiger partial charge is 0.338 e. The molecule has 0 aromatic carbocycles. The van der Waals surface area contributed by atoms with E-state index in [1.807, 2.05) is 13.1 Å². The van der Waals surface area contributed by atoms with Crippen molar-refractivity contribution in [3.63, 3.8) is 0 Å². The second-order valence-electron chi connectivity index (χ2n) is 3.79. The van der Waals surface area contributed by atoms with Gasteiger partial charge in [0.05, 0.1) is 10.2 Å². The molecule has 1 fully saturated rings. The average molecular weight is 256 g/mol. The monoisotopic (exact) mass is 255 g/mol. The maximum Gasteiger partial charge on any atom is 0.225 e. The van der Waals surface area contributed by atoms with Gasteiger partial charge < -0.3 is 4.90 Å². The van der Waals surface area contributed by atoms with Gasteiger partial charge >= 0.3 is 0 Å². The molecule has 0 saturated carbocycles. The zero-order chi connectivity index (χ0) is 10.1. The Kier molecular flexibility index (Phi) is 2.72. The van der Waals surface area contributed by atoms with Gasteiger partial charge in [0, 0.05) is 18.8 Å². The van der Waals surface area contributed by atoms with Crippen molar-refractivity contribution in [2.75, 3.05) is 11.4 Å². The maximum absolute atomic E-state index is 4.47. The fourth-order valence-corrected chi connectivity index (χ4v) is 2.00. The molecule has 14 heavy (non-hydrogen) atoms. The Labute approximate surface area is 92.7 Å². The standard InChI is InChI=1S/C10H14BrN3/c1-7-4-3-5-14(7)10-12-6-9(11)8(2)13-10/h6-7H,3-5H2,1-2H3. The molecule has 1 aromatic heterocycles. The summed E-state index contributed by atoms with van der Waals surface area (Å²) in [4.78, 5) is 11.1. The second-order valence-corrected chi connectivity index (χ2v) is 4.64. The summed E-state index contributed by atoms with van der Waals surface area (Å²) in [7, 11) is 0. The van der Waals surface area contributed by atoms with Crippen molar-refractivity contribution in [1.29, 1.82) is 0 Å². The number of hydrogen-bond donors (Lipinski definition) is 0. The predicted molar refractivity (Wildman–Crippen MR) is 60.5 cm³/mol. The van der Waals surface area contributed by atoms with Gasteiger partial charge in [-0.3, -0.25) is 0 Å². The van der Waals surface area contributed by atoms with Crippen molar-refractivity contribution in [2.24, 2.45) is 0 Å². The van der Waals surface area contributed by atoms with Gasteiger partial charge in [0.25, 0.3) is 0 Å². The number of aryl methyl sites for hydroxylation is 1. The van der Waals surface area contributed by atoms with E-state index in [0.717, 1.165) is 22.7 Å². The lowest BCUT2D eigenvalue weighted by Gasteiger charge is -2.21. The van der Waals surface area contributed by atoms with Crippen molar-refractivity contribution in [3.8, 4) is 0 Å². The fourth-order valence-electron chi connectivity index (χ4n) is 1.81. The van der Waals surface area contributed by atoms with Crippen LogP contribution in [0.25, 0.3) is 0 Å². The lowest BCUT2D eigenvalue weighted by molar-refractivity contribution is 0.715. The highest BCUT2D eigenvalue weighted by atomic mass is 79.9. The molecule has 1 unspecified atom stereocenters. The lowest BCUT2D eigenvalue weighted by Crippen LogP contribution is -2.28. The van der Waals surface area contributed by atoms with E-state index < -0.39 is 0 Å². The van der Waals surface area contributed by atoms with E-state index >= 15 is 0 Å². The van der Waals surface area contributed by atoms with E-state index in [-0.39, 0.29) is 0 Å². The number of hydrogen-bond acceptors (Lipinski definition) is 3. The quantitative estimate of drug-likeness (QED) is 0.773. The Hall–Kier alpha value is -0.640. The summed E-state index contributed by atoms with van der Waals surface area (Å²) in [6.07, 6.45) is 4.33. The van der Waals surface area contributed by atoms with Crippen LogP contribution in [0.1, 0.15) is 25.5 Å².